The highest BCUT2D eigenvalue weighted by molar-refractivity contribution is 6.15. The van der Waals surface area contributed by atoms with Crippen LogP contribution >= 0.6 is 0 Å². The molecule has 1 aliphatic carbocycles. The Morgan fingerprint density at radius 2 is 0.963 bits per heavy atom. The van der Waals surface area contributed by atoms with Crippen molar-refractivity contribution in [3.05, 3.63) is 182 Å². The lowest BCUT2D eigenvalue weighted by molar-refractivity contribution is 1.15. The second-order valence-corrected chi connectivity index (χ2v) is 14.3. The largest absolute Gasteiger partial charge is 0.309 e. The summed E-state index contributed by atoms with van der Waals surface area (Å²) in [7, 11) is 0. The van der Waals surface area contributed by atoms with Gasteiger partial charge in [0.2, 0.25) is 0 Å². The van der Waals surface area contributed by atoms with Gasteiger partial charge in [-0.2, -0.15) is 0 Å². The Morgan fingerprint density at radius 3 is 1.70 bits per heavy atom. The van der Waals surface area contributed by atoms with Crippen LogP contribution in [0.25, 0.3) is 110 Å². The van der Waals surface area contributed by atoms with Crippen LogP contribution < -0.4 is 0 Å². The third-order valence-corrected chi connectivity index (χ3v) is 11.4. The van der Waals surface area contributed by atoms with Crippen molar-refractivity contribution in [3.8, 4) is 56.0 Å². The van der Waals surface area contributed by atoms with E-state index in [1.807, 2.05) is 18.6 Å². The minimum Gasteiger partial charge on any atom is -0.309 e. The highest BCUT2D eigenvalue weighted by Crippen LogP contribution is 2.47. The second-order valence-electron chi connectivity index (χ2n) is 14.3. The summed E-state index contributed by atoms with van der Waals surface area (Å²) in [5.74, 6) is 0. The summed E-state index contributed by atoms with van der Waals surface area (Å²) in [5.41, 5.74) is 16.2. The maximum Gasteiger partial charge on any atom is 0.0804 e. The van der Waals surface area contributed by atoms with Gasteiger partial charge in [0.05, 0.1) is 39.6 Å². The first-order valence-electron chi connectivity index (χ1n) is 18.4. The smallest absolute Gasteiger partial charge is 0.0804 e. The molecular formula is C50H30N4. The molecule has 0 N–H and O–H groups in total. The molecule has 0 saturated carbocycles. The van der Waals surface area contributed by atoms with E-state index in [-0.39, 0.29) is 0 Å². The zero-order chi connectivity index (χ0) is 35.3. The quantitative estimate of drug-likeness (QED) is 0.185. The molecule has 4 heterocycles. The molecule has 12 rings (SSSR count). The Hall–Kier alpha value is -7.30. The van der Waals surface area contributed by atoms with Gasteiger partial charge in [-0.25, -0.2) is 0 Å². The number of para-hydroxylation sites is 2. The van der Waals surface area contributed by atoms with E-state index < -0.39 is 0 Å². The molecule has 54 heavy (non-hydrogen) atoms. The Labute approximate surface area is 310 Å². The van der Waals surface area contributed by atoms with E-state index in [0.29, 0.717) is 0 Å². The van der Waals surface area contributed by atoms with Crippen LogP contribution in [0, 0.1) is 0 Å². The molecule has 4 aromatic heterocycles. The molecular weight excluding hydrogens is 657 g/mol. The number of rotatable bonds is 4. The Kier molecular flexibility index (Phi) is 6.02. The zero-order valence-corrected chi connectivity index (χ0v) is 29.1. The van der Waals surface area contributed by atoms with Gasteiger partial charge in [-0.1, -0.05) is 109 Å². The first kappa shape index (κ1) is 29.3. The van der Waals surface area contributed by atoms with E-state index in [4.69, 9.17) is 4.98 Å². The van der Waals surface area contributed by atoms with Gasteiger partial charge in [-0.15, -0.1) is 0 Å². The topological polar surface area (TPSA) is 35.6 Å². The Bertz CT molecular complexity index is 3330. The molecule has 0 bridgehead atoms. The summed E-state index contributed by atoms with van der Waals surface area (Å²) < 4.78 is 4.77. The lowest BCUT2D eigenvalue weighted by Gasteiger charge is -2.11. The van der Waals surface area contributed by atoms with Crippen molar-refractivity contribution in [2.24, 2.45) is 0 Å². The maximum absolute atomic E-state index is 5.07. The number of hydrogen-bond acceptors (Lipinski definition) is 2. The van der Waals surface area contributed by atoms with Gasteiger partial charge < -0.3 is 9.13 Å². The van der Waals surface area contributed by atoms with E-state index >= 15 is 0 Å². The molecule has 4 heteroatoms. The normalized spacial score (nSPS) is 12.1. The van der Waals surface area contributed by atoms with Crippen LogP contribution in [0.3, 0.4) is 0 Å². The first-order chi connectivity index (χ1) is 26.8. The molecule has 0 fully saturated rings. The third-order valence-electron chi connectivity index (χ3n) is 11.4. The Balaban J connectivity index is 1.01. The monoisotopic (exact) mass is 686 g/mol. The number of pyridine rings is 2. The summed E-state index contributed by atoms with van der Waals surface area (Å²) in [6.07, 6.45) is 5.91. The molecule has 0 unspecified atom stereocenters. The number of hydrogen-bond donors (Lipinski definition) is 0. The summed E-state index contributed by atoms with van der Waals surface area (Å²) in [5, 5.41) is 7.31. The third kappa shape index (κ3) is 4.13. The second kappa shape index (κ2) is 11.1. The summed E-state index contributed by atoms with van der Waals surface area (Å²) >= 11 is 0. The average Bonchev–Trinajstić information content (AvgIpc) is 3.87. The molecule has 250 valence electrons. The highest BCUT2D eigenvalue weighted by Gasteiger charge is 2.24. The lowest BCUT2D eigenvalue weighted by Crippen LogP contribution is -1.96. The van der Waals surface area contributed by atoms with Crippen molar-refractivity contribution in [2.45, 2.75) is 0 Å². The van der Waals surface area contributed by atoms with Crippen molar-refractivity contribution in [1.82, 2.24) is 19.1 Å². The number of nitrogens with zero attached hydrogens (tertiary/aromatic N) is 4. The van der Waals surface area contributed by atoms with Crippen LogP contribution in [0.2, 0.25) is 0 Å². The fraction of sp³-hybridized carbons (Fsp3) is 0. The predicted octanol–water partition coefficient (Wildman–Crippen LogP) is 12.8. The van der Waals surface area contributed by atoms with Crippen molar-refractivity contribution < 1.29 is 0 Å². The van der Waals surface area contributed by atoms with Crippen LogP contribution in [0.15, 0.2) is 182 Å². The highest BCUT2D eigenvalue weighted by atomic mass is 15.0. The minimum absolute atomic E-state index is 1.00. The van der Waals surface area contributed by atoms with Gasteiger partial charge in [-0.3, -0.25) is 9.97 Å². The molecule has 4 nitrogen and oxygen atoms in total. The van der Waals surface area contributed by atoms with E-state index in [9.17, 15) is 0 Å². The zero-order valence-electron chi connectivity index (χ0n) is 29.1. The van der Waals surface area contributed by atoms with Gasteiger partial charge in [0.1, 0.15) is 0 Å². The van der Waals surface area contributed by atoms with Crippen LogP contribution in [-0.2, 0) is 0 Å². The number of benzene rings is 7. The van der Waals surface area contributed by atoms with Gasteiger partial charge in [0.25, 0.3) is 0 Å². The SMILES string of the molecule is c1ccc(-c2cccc(-n3c4ccccc4c4cc(-c5ccc6c(c5)c5ccccc5n6-c5cnc6c(c5)-c5cccc7cncc-6c57)ccc43)c2)cc1. The minimum atomic E-state index is 1.00. The molecule has 0 spiro atoms. The Morgan fingerprint density at radius 1 is 0.352 bits per heavy atom. The molecule has 1 aliphatic rings. The van der Waals surface area contributed by atoms with Crippen molar-refractivity contribution in [1.29, 1.82) is 0 Å². The molecule has 11 aromatic rings. The molecule has 0 aliphatic heterocycles. The number of aromatic nitrogens is 4. The van der Waals surface area contributed by atoms with Gasteiger partial charge in [0.15, 0.2) is 0 Å². The molecule has 0 radical (unpaired) electrons. The summed E-state index contributed by atoms with van der Waals surface area (Å²) in [6, 6.07) is 59.5. The van der Waals surface area contributed by atoms with Crippen LogP contribution in [0.5, 0.6) is 0 Å². The van der Waals surface area contributed by atoms with Crippen molar-refractivity contribution >= 4 is 54.4 Å². The van der Waals surface area contributed by atoms with Crippen molar-refractivity contribution in [2.75, 3.05) is 0 Å². The van der Waals surface area contributed by atoms with Crippen molar-refractivity contribution in [3.63, 3.8) is 0 Å². The standard InChI is InChI=1S/C50H30N4/c1-2-10-31(11-3-1)32-12-8-14-36(24-32)53-45-18-6-4-15-38(45)41-25-33(20-22-47(41)53)34-21-23-48-42(26-34)39-16-5-7-19-46(39)54(48)37-27-43-40-17-9-13-35-28-51-30-44(49(35)40)50(43)52-29-37/h1-30H. The molecule has 0 saturated heterocycles. The van der Waals surface area contributed by atoms with E-state index in [0.717, 1.165) is 44.6 Å². The van der Waals surface area contributed by atoms with Crippen LogP contribution in [-0.4, -0.2) is 19.1 Å². The van der Waals surface area contributed by atoms with Crippen LogP contribution in [0.4, 0.5) is 0 Å². The maximum atomic E-state index is 5.07. The van der Waals surface area contributed by atoms with E-state index in [1.54, 1.807) is 0 Å². The summed E-state index contributed by atoms with van der Waals surface area (Å²) in [4.78, 5) is 9.59. The van der Waals surface area contributed by atoms with Gasteiger partial charge >= 0.3 is 0 Å². The van der Waals surface area contributed by atoms with E-state index in [1.165, 1.54) is 65.8 Å². The summed E-state index contributed by atoms with van der Waals surface area (Å²) in [6.45, 7) is 0. The van der Waals surface area contributed by atoms with Gasteiger partial charge in [-0.05, 0) is 82.4 Å². The molecule has 7 aromatic carbocycles. The number of fused-ring (bicyclic) bond motifs is 9. The van der Waals surface area contributed by atoms with Crippen LogP contribution in [0.1, 0.15) is 0 Å². The first-order valence-corrected chi connectivity index (χ1v) is 18.4. The fourth-order valence-electron chi connectivity index (χ4n) is 8.95. The predicted molar refractivity (Wildman–Crippen MR) is 224 cm³/mol. The molecule has 0 amide bonds. The van der Waals surface area contributed by atoms with E-state index in [2.05, 4.69) is 178 Å². The average molecular weight is 687 g/mol. The molecule has 0 atom stereocenters. The lowest BCUT2D eigenvalue weighted by atomic mass is 10.0. The van der Waals surface area contributed by atoms with Gasteiger partial charge in [0, 0.05) is 61.5 Å². The fourth-order valence-corrected chi connectivity index (χ4v) is 8.95.